The van der Waals surface area contributed by atoms with Crippen molar-refractivity contribution in [2.24, 2.45) is 0 Å². The van der Waals surface area contributed by atoms with Crippen LogP contribution >= 0.6 is 24.4 Å². The second kappa shape index (κ2) is 5.70. The minimum Gasteiger partial charge on any atom is -0.168 e. The van der Waals surface area contributed by atoms with Gasteiger partial charge in [0.1, 0.15) is 0 Å². The first kappa shape index (κ1) is 6.70. The molecule has 0 spiro atoms. The van der Waals surface area contributed by atoms with Crippen LogP contribution in [0.25, 0.3) is 0 Å². The molecule has 0 nitrogen and oxygen atoms in total. The fourth-order valence-corrected chi connectivity index (χ4v) is 1.01. The van der Waals surface area contributed by atoms with Gasteiger partial charge in [-0.25, -0.2) is 0 Å². The Labute approximate surface area is 49.1 Å². The Bertz CT molecular complexity index is 17.5. The molecule has 0 unspecified atom stereocenters. The van der Waals surface area contributed by atoms with Gasteiger partial charge in [0.05, 0.1) is 0 Å². The fraction of sp³-hybridized carbons (Fsp3) is 1.00. The monoisotopic (exact) mass is 122 g/mol. The number of hydrogen-bond acceptors (Lipinski definition) is 2. The van der Waals surface area contributed by atoms with Crippen molar-refractivity contribution in [1.29, 1.82) is 0 Å². The summed E-state index contributed by atoms with van der Waals surface area (Å²) in [4.78, 5) is 0. The SMILES string of the molecule is CCCSCS. The molecular formula is C4H10S2. The number of hydrogen-bond donors (Lipinski definition) is 1. The Morgan fingerprint density at radius 2 is 2.33 bits per heavy atom. The summed E-state index contributed by atoms with van der Waals surface area (Å²) >= 11 is 5.89. The van der Waals surface area contributed by atoms with Crippen LogP contribution in [0.1, 0.15) is 13.3 Å². The molecule has 0 radical (unpaired) electrons. The van der Waals surface area contributed by atoms with E-state index in [9.17, 15) is 0 Å². The summed E-state index contributed by atoms with van der Waals surface area (Å²) in [6, 6.07) is 0. The lowest BCUT2D eigenvalue weighted by atomic mass is 10.6. The van der Waals surface area contributed by atoms with E-state index in [4.69, 9.17) is 0 Å². The summed E-state index contributed by atoms with van der Waals surface area (Å²) in [5, 5.41) is 0.966. The Hall–Kier alpha value is 0.700. The van der Waals surface area contributed by atoms with Crippen LogP contribution in [0.15, 0.2) is 0 Å². The summed E-state index contributed by atoms with van der Waals surface area (Å²) in [6.45, 7) is 2.18. The van der Waals surface area contributed by atoms with E-state index in [0.717, 1.165) is 5.08 Å². The van der Waals surface area contributed by atoms with E-state index in [-0.39, 0.29) is 0 Å². The average molecular weight is 122 g/mol. The van der Waals surface area contributed by atoms with Crippen LogP contribution in [0.4, 0.5) is 0 Å². The smallest absolute Gasteiger partial charge is 0.0361 e. The van der Waals surface area contributed by atoms with Crippen molar-refractivity contribution in [3.8, 4) is 0 Å². The maximum atomic E-state index is 4.02. The van der Waals surface area contributed by atoms with E-state index in [1.165, 1.54) is 12.2 Å². The Balaban J connectivity index is 2.34. The van der Waals surface area contributed by atoms with Crippen LogP contribution < -0.4 is 0 Å². The molecule has 2 heteroatoms. The maximum Gasteiger partial charge on any atom is 0.0361 e. The molecule has 38 valence electrons. The van der Waals surface area contributed by atoms with E-state index in [0.29, 0.717) is 0 Å². The molecule has 0 aromatic rings. The molecule has 0 heterocycles. The highest BCUT2D eigenvalue weighted by molar-refractivity contribution is 8.09. The van der Waals surface area contributed by atoms with Gasteiger partial charge in [-0.15, -0.1) is 0 Å². The lowest BCUT2D eigenvalue weighted by Crippen LogP contribution is -1.69. The molecule has 0 aliphatic rings. The van der Waals surface area contributed by atoms with Crippen molar-refractivity contribution in [2.75, 3.05) is 10.8 Å². The van der Waals surface area contributed by atoms with E-state index in [2.05, 4.69) is 19.6 Å². The van der Waals surface area contributed by atoms with Gasteiger partial charge in [0, 0.05) is 5.08 Å². The van der Waals surface area contributed by atoms with Crippen molar-refractivity contribution < 1.29 is 0 Å². The molecule has 0 aliphatic carbocycles. The second-order valence-corrected chi connectivity index (χ2v) is 2.89. The summed E-state index contributed by atoms with van der Waals surface area (Å²) in [5.41, 5.74) is 0. The molecule has 0 aromatic carbocycles. The quantitative estimate of drug-likeness (QED) is 0.339. The number of rotatable bonds is 3. The lowest BCUT2D eigenvalue weighted by molar-refractivity contribution is 1.11. The van der Waals surface area contributed by atoms with Gasteiger partial charge >= 0.3 is 0 Å². The molecule has 0 saturated heterocycles. The molecule has 0 aromatic heterocycles. The van der Waals surface area contributed by atoms with Crippen LogP contribution in [-0.2, 0) is 0 Å². The van der Waals surface area contributed by atoms with Gasteiger partial charge in [-0.3, -0.25) is 0 Å². The number of thioether (sulfide) groups is 1. The first-order valence-electron chi connectivity index (χ1n) is 2.10. The minimum atomic E-state index is 0.966. The third-order valence-corrected chi connectivity index (χ3v) is 1.87. The molecule has 0 amide bonds. The molecule has 0 N–H and O–H groups in total. The summed E-state index contributed by atoms with van der Waals surface area (Å²) in [5.74, 6) is 1.25. The topological polar surface area (TPSA) is 0 Å². The Morgan fingerprint density at radius 3 is 2.50 bits per heavy atom. The predicted octanol–water partition coefficient (Wildman–Crippen LogP) is 2.02. The normalized spacial score (nSPS) is 9.00. The summed E-state index contributed by atoms with van der Waals surface area (Å²) in [6.07, 6.45) is 1.27. The molecule has 0 aliphatic heterocycles. The first-order valence-corrected chi connectivity index (χ1v) is 3.89. The predicted molar refractivity (Wildman–Crippen MR) is 36.6 cm³/mol. The molecule has 0 saturated carbocycles. The van der Waals surface area contributed by atoms with E-state index < -0.39 is 0 Å². The molecular weight excluding hydrogens is 112 g/mol. The van der Waals surface area contributed by atoms with Crippen LogP contribution in [0.3, 0.4) is 0 Å². The fourth-order valence-electron chi connectivity index (χ4n) is 0.209. The van der Waals surface area contributed by atoms with Gasteiger partial charge in [0.15, 0.2) is 0 Å². The van der Waals surface area contributed by atoms with E-state index >= 15 is 0 Å². The Morgan fingerprint density at radius 1 is 1.67 bits per heavy atom. The zero-order chi connectivity index (χ0) is 4.83. The number of thiol groups is 1. The first-order chi connectivity index (χ1) is 2.91. The van der Waals surface area contributed by atoms with Crippen molar-refractivity contribution in [3.63, 3.8) is 0 Å². The van der Waals surface area contributed by atoms with Crippen molar-refractivity contribution in [1.82, 2.24) is 0 Å². The van der Waals surface area contributed by atoms with E-state index in [1.54, 1.807) is 0 Å². The van der Waals surface area contributed by atoms with Crippen LogP contribution in [0, 0.1) is 0 Å². The van der Waals surface area contributed by atoms with Gasteiger partial charge in [-0.2, -0.15) is 24.4 Å². The van der Waals surface area contributed by atoms with E-state index in [1.807, 2.05) is 11.8 Å². The molecule has 0 atom stereocenters. The van der Waals surface area contributed by atoms with Crippen LogP contribution in [0.2, 0.25) is 0 Å². The molecule has 0 fully saturated rings. The summed E-state index contributed by atoms with van der Waals surface area (Å²) in [7, 11) is 0. The largest absolute Gasteiger partial charge is 0.168 e. The van der Waals surface area contributed by atoms with Gasteiger partial charge < -0.3 is 0 Å². The highest BCUT2D eigenvalue weighted by Gasteiger charge is 1.75. The van der Waals surface area contributed by atoms with Crippen molar-refractivity contribution >= 4 is 24.4 Å². The van der Waals surface area contributed by atoms with Crippen LogP contribution in [-0.4, -0.2) is 10.8 Å². The molecule has 0 rings (SSSR count). The second-order valence-electron chi connectivity index (χ2n) is 1.04. The third kappa shape index (κ3) is 4.70. The highest BCUT2D eigenvalue weighted by atomic mass is 32.2. The average Bonchev–Trinajstić information content (AvgIpc) is 1.61. The zero-order valence-corrected chi connectivity index (χ0v) is 5.69. The van der Waals surface area contributed by atoms with Gasteiger partial charge in [-0.05, 0) is 12.2 Å². The minimum absolute atomic E-state index is 0.966. The van der Waals surface area contributed by atoms with Crippen LogP contribution in [0.5, 0.6) is 0 Å². The highest BCUT2D eigenvalue weighted by Crippen LogP contribution is 2.01. The zero-order valence-electron chi connectivity index (χ0n) is 3.98. The molecule has 0 bridgehead atoms. The summed E-state index contributed by atoms with van der Waals surface area (Å²) < 4.78 is 0. The van der Waals surface area contributed by atoms with Crippen molar-refractivity contribution in [2.45, 2.75) is 13.3 Å². The standard InChI is InChI=1S/C4H10S2/c1-2-3-6-4-5/h5H,2-4H2,1H3. The van der Waals surface area contributed by atoms with Gasteiger partial charge in [-0.1, -0.05) is 6.92 Å². The van der Waals surface area contributed by atoms with Crippen molar-refractivity contribution in [3.05, 3.63) is 0 Å². The Kier molecular flexibility index (Phi) is 6.36. The third-order valence-electron chi connectivity index (χ3n) is 0.440. The lowest BCUT2D eigenvalue weighted by Gasteiger charge is -1.86. The van der Waals surface area contributed by atoms with Gasteiger partial charge in [0.2, 0.25) is 0 Å². The van der Waals surface area contributed by atoms with Gasteiger partial charge in [0.25, 0.3) is 0 Å². The maximum absolute atomic E-state index is 4.02. The molecule has 6 heavy (non-hydrogen) atoms.